The van der Waals surface area contributed by atoms with Gasteiger partial charge in [0.1, 0.15) is 0 Å². The highest BCUT2D eigenvalue weighted by molar-refractivity contribution is 6.14. The maximum atomic E-state index is 9.95. The maximum Gasteiger partial charge on any atom is 0.160 e. The molecule has 1 heterocycles. The van der Waals surface area contributed by atoms with Crippen LogP contribution in [-0.2, 0) is 6.42 Å². The Morgan fingerprint density at radius 2 is 1.95 bits per heavy atom. The lowest BCUT2D eigenvalue weighted by Gasteiger charge is -2.18. The highest BCUT2D eigenvalue weighted by Crippen LogP contribution is 2.32. The van der Waals surface area contributed by atoms with Crippen molar-refractivity contribution in [2.45, 2.75) is 6.42 Å². The maximum absolute atomic E-state index is 9.95. The molecule has 0 fully saturated rings. The van der Waals surface area contributed by atoms with Crippen LogP contribution in [0.25, 0.3) is 0 Å². The summed E-state index contributed by atoms with van der Waals surface area (Å²) in [6.07, 6.45) is 0.877. The number of aromatic hydroxyl groups is 1. The van der Waals surface area contributed by atoms with E-state index in [1.54, 1.807) is 13.2 Å². The van der Waals surface area contributed by atoms with Crippen LogP contribution in [0.4, 0.5) is 0 Å². The average Bonchev–Trinajstić information content (AvgIpc) is 2.47. The van der Waals surface area contributed by atoms with Gasteiger partial charge in [0, 0.05) is 17.7 Å². The third kappa shape index (κ3) is 2.08. The minimum Gasteiger partial charge on any atom is -0.504 e. The molecule has 0 spiro atoms. The van der Waals surface area contributed by atoms with Gasteiger partial charge in [-0.3, -0.25) is 4.99 Å². The zero-order chi connectivity index (χ0) is 13.2. The number of benzene rings is 2. The van der Waals surface area contributed by atoms with Crippen LogP contribution in [0.5, 0.6) is 11.5 Å². The fourth-order valence-electron chi connectivity index (χ4n) is 2.42. The Kier molecular flexibility index (Phi) is 2.95. The summed E-state index contributed by atoms with van der Waals surface area (Å²) in [5.41, 5.74) is 4.19. The van der Waals surface area contributed by atoms with Crippen molar-refractivity contribution in [3.63, 3.8) is 0 Å². The Balaban J connectivity index is 2.13. The molecule has 96 valence electrons. The minimum atomic E-state index is 0.159. The van der Waals surface area contributed by atoms with Crippen molar-refractivity contribution in [1.29, 1.82) is 0 Å². The largest absolute Gasteiger partial charge is 0.504 e. The Morgan fingerprint density at radius 3 is 2.68 bits per heavy atom. The topological polar surface area (TPSA) is 41.8 Å². The number of phenols is 1. The standard InChI is InChI=1S/C16H15NO2/c1-19-15-9-12-7-8-17-16(13(12)10-14(15)18)11-5-3-2-4-6-11/h2-6,9-10,18H,7-8H2,1H3. The minimum absolute atomic E-state index is 0.159. The van der Waals surface area contributed by atoms with Crippen molar-refractivity contribution < 1.29 is 9.84 Å². The van der Waals surface area contributed by atoms with Gasteiger partial charge in [-0.15, -0.1) is 0 Å². The van der Waals surface area contributed by atoms with Crippen molar-refractivity contribution in [2.24, 2.45) is 4.99 Å². The van der Waals surface area contributed by atoms with Crippen molar-refractivity contribution in [3.05, 3.63) is 59.2 Å². The van der Waals surface area contributed by atoms with E-state index in [4.69, 9.17) is 4.74 Å². The summed E-state index contributed by atoms with van der Waals surface area (Å²) in [6, 6.07) is 13.7. The molecule has 0 amide bonds. The Labute approximate surface area is 112 Å². The number of methoxy groups -OCH3 is 1. The lowest BCUT2D eigenvalue weighted by Crippen LogP contribution is -2.14. The van der Waals surface area contributed by atoms with Crippen LogP contribution >= 0.6 is 0 Å². The molecule has 0 unspecified atom stereocenters. The SMILES string of the molecule is COc1cc2c(cc1O)C(c1ccccc1)=NCC2. The van der Waals surface area contributed by atoms with Crippen LogP contribution < -0.4 is 4.74 Å². The molecule has 19 heavy (non-hydrogen) atoms. The molecule has 0 atom stereocenters. The highest BCUT2D eigenvalue weighted by atomic mass is 16.5. The van der Waals surface area contributed by atoms with E-state index in [1.165, 1.54) is 5.56 Å². The van der Waals surface area contributed by atoms with Crippen molar-refractivity contribution >= 4 is 5.71 Å². The summed E-state index contributed by atoms with van der Waals surface area (Å²) in [5, 5.41) is 9.95. The number of hydrogen-bond acceptors (Lipinski definition) is 3. The van der Waals surface area contributed by atoms with E-state index in [2.05, 4.69) is 4.99 Å². The zero-order valence-corrected chi connectivity index (χ0v) is 10.8. The normalized spacial score (nSPS) is 13.6. The van der Waals surface area contributed by atoms with Crippen molar-refractivity contribution in [2.75, 3.05) is 13.7 Å². The molecule has 0 aliphatic carbocycles. The number of fused-ring (bicyclic) bond motifs is 1. The Hall–Kier alpha value is -2.29. The molecule has 0 bridgehead atoms. The van der Waals surface area contributed by atoms with Crippen LogP contribution in [0.3, 0.4) is 0 Å². The van der Waals surface area contributed by atoms with E-state index in [0.29, 0.717) is 5.75 Å². The first-order chi connectivity index (χ1) is 9.29. The van der Waals surface area contributed by atoms with Gasteiger partial charge < -0.3 is 9.84 Å². The van der Waals surface area contributed by atoms with Crippen molar-refractivity contribution in [3.8, 4) is 11.5 Å². The smallest absolute Gasteiger partial charge is 0.160 e. The molecule has 1 N–H and O–H groups in total. The molecule has 0 saturated heterocycles. The number of rotatable bonds is 2. The first kappa shape index (κ1) is 11.8. The molecule has 3 nitrogen and oxygen atoms in total. The second kappa shape index (κ2) is 4.76. The molecule has 0 radical (unpaired) electrons. The number of ether oxygens (including phenoxy) is 1. The fraction of sp³-hybridized carbons (Fsp3) is 0.188. The van der Waals surface area contributed by atoms with E-state index in [0.717, 1.165) is 29.8 Å². The summed E-state index contributed by atoms with van der Waals surface area (Å²) in [5.74, 6) is 0.680. The van der Waals surface area contributed by atoms with Crippen LogP contribution in [0.2, 0.25) is 0 Å². The molecule has 1 aliphatic heterocycles. The molecule has 0 saturated carbocycles. The van der Waals surface area contributed by atoms with Crippen LogP contribution in [0.1, 0.15) is 16.7 Å². The molecule has 2 aromatic carbocycles. The summed E-state index contributed by atoms with van der Waals surface area (Å²) in [4.78, 5) is 4.60. The third-order valence-electron chi connectivity index (χ3n) is 3.36. The Bertz CT molecular complexity index is 633. The molecule has 2 aromatic rings. The number of aliphatic imine (C=N–C) groups is 1. The summed E-state index contributed by atoms with van der Waals surface area (Å²) < 4.78 is 5.16. The predicted molar refractivity (Wildman–Crippen MR) is 75.3 cm³/mol. The van der Waals surface area contributed by atoms with E-state index >= 15 is 0 Å². The fourth-order valence-corrected chi connectivity index (χ4v) is 2.42. The third-order valence-corrected chi connectivity index (χ3v) is 3.36. The van der Waals surface area contributed by atoms with Gasteiger partial charge in [-0.1, -0.05) is 30.3 Å². The van der Waals surface area contributed by atoms with Crippen LogP contribution in [0, 0.1) is 0 Å². The van der Waals surface area contributed by atoms with Gasteiger partial charge in [0.2, 0.25) is 0 Å². The van der Waals surface area contributed by atoms with Gasteiger partial charge in [-0.05, 0) is 24.1 Å². The van der Waals surface area contributed by atoms with Crippen LogP contribution in [0.15, 0.2) is 47.5 Å². The van der Waals surface area contributed by atoms with Gasteiger partial charge in [0.25, 0.3) is 0 Å². The van der Waals surface area contributed by atoms with Gasteiger partial charge in [-0.25, -0.2) is 0 Å². The lowest BCUT2D eigenvalue weighted by molar-refractivity contribution is 0.373. The zero-order valence-electron chi connectivity index (χ0n) is 10.8. The summed E-state index contributed by atoms with van der Waals surface area (Å²) in [7, 11) is 1.57. The average molecular weight is 253 g/mol. The quantitative estimate of drug-likeness (QED) is 0.894. The van der Waals surface area contributed by atoms with Gasteiger partial charge in [0.05, 0.1) is 12.8 Å². The number of phenolic OH excluding ortho intramolecular Hbond substituents is 1. The monoisotopic (exact) mass is 253 g/mol. The number of hydrogen-bond donors (Lipinski definition) is 1. The first-order valence-corrected chi connectivity index (χ1v) is 6.29. The first-order valence-electron chi connectivity index (χ1n) is 6.29. The molecular weight excluding hydrogens is 238 g/mol. The van der Waals surface area contributed by atoms with Gasteiger partial charge >= 0.3 is 0 Å². The van der Waals surface area contributed by atoms with Gasteiger partial charge in [0.15, 0.2) is 11.5 Å². The summed E-state index contributed by atoms with van der Waals surface area (Å²) >= 11 is 0. The van der Waals surface area contributed by atoms with Crippen molar-refractivity contribution in [1.82, 2.24) is 0 Å². The van der Waals surface area contributed by atoms with Gasteiger partial charge in [-0.2, -0.15) is 0 Å². The van der Waals surface area contributed by atoms with E-state index in [1.807, 2.05) is 36.4 Å². The highest BCUT2D eigenvalue weighted by Gasteiger charge is 2.18. The second-order valence-electron chi connectivity index (χ2n) is 4.53. The molecular formula is C16H15NO2. The van der Waals surface area contributed by atoms with E-state index in [-0.39, 0.29) is 5.75 Å². The van der Waals surface area contributed by atoms with Crippen LogP contribution in [-0.4, -0.2) is 24.5 Å². The number of nitrogens with zero attached hydrogens (tertiary/aromatic N) is 1. The molecule has 0 aromatic heterocycles. The van der Waals surface area contributed by atoms with E-state index < -0.39 is 0 Å². The predicted octanol–water partition coefficient (Wildman–Crippen LogP) is 2.79. The summed E-state index contributed by atoms with van der Waals surface area (Å²) in [6.45, 7) is 0.769. The van der Waals surface area contributed by atoms with E-state index in [9.17, 15) is 5.11 Å². The molecule has 1 aliphatic rings. The lowest BCUT2D eigenvalue weighted by atomic mass is 9.93. The Morgan fingerprint density at radius 1 is 1.16 bits per heavy atom. The molecule has 3 heteroatoms. The second-order valence-corrected chi connectivity index (χ2v) is 4.53. The molecule has 3 rings (SSSR count).